The van der Waals surface area contributed by atoms with Gasteiger partial charge in [-0.2, -0.15) is 0 Å². The summed E-state index contributed by atoms with van der Waals surface area (Å²) in [6, 6.07) is 4.42. The lowest BCUT2D eigenvalue weighted by molar-refractivity contribution is 0.0302. The summed E-state index contributed by atoms with van der Waals surface area (Å²) in [5, 5.41) is 8.57. The number of rotatable bonds is 5. The Morgan fingerprint density at radius 3 is 2.64 bits per heavy atom. The Labute approximate surface area is 163 Å². The Morgan fingerprint density at radius 1 is 1.25 bits per heavy atom. The zero-order chi connectivity index (χ0) is 19.8. The highest BCUT2D eigenvalue weighted by molar-refractivity contribution is 6.13. The maximum atomic E-state index is 14.1. The summed E-state index contributed by atoms with van der Waals surface area (Å²) in [6.07, 6.45) is 3.86. The van der Waals surface area contributed by atoms with E-state index >= 15 is 0 Å². The van der Waals surface area contributed by atoms with Gasteiger partial charge in [0.1, 0.15) is 12.1 Å². The fourth-order valence-corrected chi connectivity index (χ4v) is 3.73. The van der Waals surface area contributed by atoms with Crippen molar-refractivity contribution in [3.05, 3.63) is 41.6 Å². The molecule has 0 radical (unpaired) electrons. The highest BCUT2D eigenvalue weighted by Crippen LogP contribution is 2.30. The van der Waals surface area contributed by atoms with Crippen LogP contribution < -0.4 is 15.4 Å². The molecule has 4 rings (SSSR count). The Balaban J connectivity index is 1.62. The molecule has 1 aromatic carbocycles. The van der Waals surface area contributed by atoms with Crippen LogP contribution in [0.25, 0.3) is 0 Å². The number of benzene rings is 1. The Bertz CT molecular complexity index is 892. The lowest BCUT2D eigenvalue weighted by Crippen LogP contribution is -2.43. The first-order chi connectivity index (χ1) is 13.4. The van der Waals surface area contributed by atoms with E-state index < -0.39 is 5.82 Å². The number of nitrogen functional groups attached to an aromatic ring is 1. The molecule has 2 aliphatic rings. The second-order valence-electron chi connectivity index (χ2n) is 7.54. The number of nitrogens with zero attached hydrogens (tertiary/aromatic N) is 3. The maximum Gasteiger partial charge on any atom is 0.167 e. The fourth-order valence-electron chi connectivity index (χ4n) is 3.73. The van der Waals surface area contributed by atoms with Gasteiger partial charge >= 0.3 is 0 Å². The normalized spacial score (nSPS) is 21.2. The first-order valence-corrected chi connectivity index (χ1v) is 9.48. The van der Waals surface area contributed by atoms with Gasteiger partial charge in [0.05, 0.1) is 29.7 Å². The summed E-state index contributed by atoms with van der Waals surface area (Å²) in [5.41, 5.74) is 7.06. The maximum absolute atomic E-state index is 14.1. The molecule has 148 valence electrons. The second kappa shape index (κ2) is 7.35. The molecule has 28 heavy (non-hydrogen) atoms. The van der Waals surface area contributed by atoms with Crippen LogP contribution in [0.15, 0.2) is 24.5 Å². The number of anilines is 2. The number of nitrogens with two attached hydrogens (primary N) is 1. The van der Waals surface area contributed by atoms with Crippen LogP contribution in [0.3, 0.4) is 0 Å². The molecule has 8 heteroatoms. The zero-order valence-electron chi connectivity index (χ0n) is 16.0. The van der Waals surface area contributed by atoms with Crippen molar-refractivity contribution in [2.24, 2.45) is 0 Å². The molecule has 3 N–H and O–H groups in total. The van der Waals surface area contributed by atoms with Crippen LogP contribution in [0, 0.1) is 11.2 Å². The van der Waals surface area contributed by atoms with Crippen molar-refractivity contribution in [1.82, 2.24) is 9.97 Å². The van der Waals surface area contributed by atoms with E-state index in [9.17, 15) is 4.39 Å². The van der Waals surface area contributed by atoms with Gasteiger partial charge in [-0.25, -0.2) is 14.4 Å². The van der Waals surface area contributed by atoms with Gasteiger partial charge in [-0.15, -0.1) is 0 Å². The van der Waals surface area contributed by atoms with E-state index in [-0.39, 0.29) is 35.5 Å². The van der Waals surface area contributed by atoms with E-state index in [1.54, 1.807) is 6.07 Å². The number of nitrogens with one attached hydrogen (secondary N) is 1. The summed E-state index contributed by atoms with van der Waals surface area (Å²) >= 11 is 0. The molecule has 2 saturated heterocycles. The Hall–Kier alpha value is -2.74. The second-order valence-corrected chi connectivity index (χ2v) is 7.54. The van der Waals surface area contributed by atoms with Crippen molar-refractivity contribution in [1.29, 1.82) is 5.41 Å². The zero-order valence-corrected chi connectivity index (χ0v) is 16.0. The van der Waals surface area contributed by atoms with Gasteiger partial charge < -0.3 is 20.1 Å². The molecule has 0 amide bonds. The number of hydrogen-bond donors (Lipinski definition) is 2. The summed E-state index contributed by atoms with van der Waals surface area (Å²) in [7, 11) is 0. The standard InChI is InChI=1S/C20H24FN5O2/c1-11(2)27-18-5-14(16(22)6-15(18)21)20(23)17-7-19(25-10-24-17)26-8-12-3-4-13(9-26)28-12/h5-7,10-13,23H,3-4,8-9,22H2,1-2H3. The molecule has 3 heterocycles. The van der Waals surface area contributed by atoms with Crippen LogP contribution in [-0.2, 0) is 4.74 Å². The first-order valence-electron chi connectivity index (χ1n) is 9.48. The molecule has 1 aromatic heterocycles. The number of morpholine rings is 1. The molecule has 7 nitrogen and oxygen atoms in total. The van der Waals surface area contributed by atoms with Crippen molar-refractivity contribution >= 4 is 17.2 Å². The van der Waals surface area contributed by atoms with Crippen molar-refractivity contribution in [3.8, 4) is 5.75 Å². The average molecular weight is 385 g/mol. The highest BCUT2D eigenvalue weighted by atomic mass is 19.1. The lowest BCUT2D eigenvalue weighted by atomic mass is 10.0. The molecule has 2 bridgehead atoms. The fraction of sp³-hybridized carbons (Fsp3) is 0.450. The molecular weight excluding hydrogens is 361 g/mol. The number of ether oxygens (including phenoxy) is 2. The molecule has 2 fully saturated rings. The molecule has 2 unspecified atom stereocenters. The molecule has 2 atom stereocenters. The summed E-state index contributed by atoms with van der Waals surface area (Å²) in [4.78, 5) is 10.8. The Kier molecular flexibility index (Phi) is 4.89. The van der Waals surface area contributed by atoms with Crippen LogP contribution in [0.2, 0.25) is 0 Å². The third kappa shape index (κ3) is 3.64. The van der Waals surface area contributed by atoms with Gasteiger partial charge in [0.2, 0.25) is 0 Å². The topological polar surface area (TPSA) is 97.3 Å². The molecule has 0 spiro atoms. The van der Waals surface area contributed by atoms with Crippen LogP contribution in [0.4, 0.5) is 15.9 Å². The van der Waals surface area contributed by atoms with Crippen LogP contribution >= 0.6 is 0 Å². The predicted octanol–water partition coefficient (Wildman–Crippen LogP) is 2.77. The van der Waals surface area contributed by atoms with E-state index in [0.29, 0.717) is 11.3 Å². The van der Waals surface area contributed by atoms with E-state index in [0.717, 1.165) is 31.7 Å². The molecule has 0 saturated carbocycles. The van der Waals surface area contributed by atoms with Gasteiger partial charge in [0.15, 0.2) is 11.6 Å². The van der Waals surface area contributed by atoms with Gasteiger partial charge in [-0.3, -0.25) is 5.41 Å². The summed E-state index contributed by atoms with van der Waals surface area (Å²) in [5.74, 6) is 0.284. The SMILES string of the molecule is CC(C)Oc1cc(C(=N)c2cc(N3CC4CCC(C3)O4)ncn2)c(N)cc1F. The minimum absolute atomic E-state index is 0.0722. The van der Waals surface area contributed by atoms with Crippen LogP contribution in [0.5, 0.6) is 5.75 Å². The number of fused-ring (bicyclic) bond motifs is 2. The highest BCUT2D eigenvalue weighted by Gasteiger charge is 2.34. The van der Waals surface area contributed by atoms with Crippen molar-refractivity contribution in [2.75, 3.05) is 23.7 Å². The molecular formula is C20H24FN5O2. The smallest absolute Gasteiger partial charge is 0.167 e. The monoisotopic (exact) mass is 385 g/mol. The first kappa shape index (κ1) is 18.6. The molecule has 2 aliphatic heterocycles. The van der Waals surface area contributed by atoms with Gasteiger partial charge in [0, 0.05) is 36.5 Å². The molecule has 0 aliphatic carbocycles. The van der Waals surface area contributed by atoms with Gasteiger partial charge in [0.25, 0.3) is 0 Å². The predicted molar refractivity (Wildman–Crippen MR) is 105 cm³/mol. The third-order valence-corrected chi connectivity index (χ3v) is 5.01. The van der Waals surface area contributed by atoms with Gasteiger partial charge in [-0.05, 0) is 32.8 Å². The van der Waals surface area contributed by atoms with E-state index in [4.69, 9.17) is 20.6 Å². The number of halogens is 1. The van der Waals surface area contributed by atoms with Crippen molar-refractivity contribution < 1.29 is 13.9 Å². The van der Waals surface area contributed by atoms with Crippen LogP contribution in [-0.4, -0.2) is 47.1 Å². The largest absolute Gasteiger partial charge is 0.488 e. The Morgan fingerprint density at radius 2 is 1.96 bits per heavy atom. The number of hydrogen-bond acceptors (Lipinski definition) is 7. The van der Waals surface area contributed by atoms with Gasteiger partial charge in [-0.1, -0.05) is 0 Å². The summed E-state index contributed by atoms with van der Waals surface area (Å²) < 4.78 is 25.5. The van der Waals surface area contributed by atoms with E-state index in [1.807, 2.05) is 13.8 Å². The van der Waals surface area contributed by atoms with E-state index in [2.05, 4.69) is 14.9 Å². The average Bonchev–Trinajstić information content (AvgIpc) is 3.01. The van der Waals surface area contributed by atoms with Crippen molar-refractivity contribution in [2.45, 2.75) is 45.0 Å². The minimum Gasteiger partial charge on any atom is -0.488 e. The van der Waals surface area contributed by atoms with Crippen LogP contribution in [0.1, 0.15) is 37.9 Å². The molecule has 2 aromatic rings. The quantitative estimate of drug-likeness (QED) is 0.607. The van der Waals surface area contributed by atoms with Crippen molar-refractivity contribution in [3.63, 3.8) is 0 Å². The lowest BCUT2D eigenvalue weighted by Gasteiger charge is -2.33. The third-order valence-electron chi connectivity index (χ3n) is 5.01. The summed E-state index contributed by atoms with van der Waals surface area (Å²) in [6.45, 7) is 5.19. The minimum atomic E-state index is -0.546. The number of aromatic nitrogens is 2. The van der Waals surface area contributed by atoms with E-state index in [1.165, 1.54) is 18.5 Å².